The summed E-state index contributed by atoms with van der Waals surface area (Å²) in [4.78, 5) is 277. The maximum atomic E-state index is 16.6. The number of nitrogens with two attached hydrogens (primary N) is 3. The van der Waals surface area contributed by atoms with Crippen LogP contribution in [0.25, 0.3) is 21.8 Å². The van der Waals surface area contributed by atoms with Gasteiger partial charge in [-0.1, -0.05) is 128 Å². The van der Waals surface area contributed by atoms with Crippen molar-refractivity contribution in [3.63, 3.8) is 0 Å². The summed E-state index contributed by atoms with van der Waals surface area (Å²) in [5, 5.41) is 64.3. The van der Waals surface area contributed by atoms with Gasteiger partial charge in [0.25, 0.3) is 0 Å². The minimum Gasteiger partial charge on any atom is -0.508 e. The molecule has 0 radical (unpaired) electrons. The SMILES string of the molecule is CCCC[C@H]1C(=O)N(C)[C@@H](CCCC)C(=O)N[C@@H](CC(C)C)C(=O)N[C@H](C(=O)NCC(N)=O)CSCC(=O)N[C@@H](Cc2ccc(O)cc2)C(=O)N(C)[C@@H](C)C(=O)N[C@@H](CC(N)=O)C(=O)N2CCC[C@H]2C(=O)N[C@H]2CNCc3ccc(c(F)c3)B(O)OC(=O)Cn3cc(c4ccccc43)C[C@H](NC(=O)[C@H](CCN)NC(=O)[C@H](Cc3c[nH]c4ccccc34)NC(=O)[C@@H]3C[C@@H](O)CN3C(=O)[C@H](CC(C)C)NC2=O)C(=O)N1C. The van der Waals surface area contributed by atoms with Crippen LogP contribution in [-0.4, -0.2) is 319 Å². The van der Waals surface area contributed by atoms with E-state index in [9.17, 15) is 53.6 Å². The second kappa shape index (κ2) is 52.6. The average molecular weight is 2020 g/mol. The Labute approximate surface area is 838 Å². The molecule has 6 aromatic rings. The third-order valence-electron chi connectivity index (χ3n) is 26.1. The van der Waals surface area contributed by atoms with E-state index in [1.165, 1.54) is 69.2 Å². The van der Waals surface area contributed by atoms with Gasteiger partial charge in [0.1, 0.15) is 103 Å². The second-order valence-electron chi connectivity index (χ2n) is 38.0. The molecule has 0 unspecified atom stereocenters. The predicted molar refractivity (Wildman–Crippen MR) is 530 cm³/mol. The molecule has 3 saturated heterocycles. The summed E-state index contributed by atoms with van der Waals surface area (Å²) in [7, 11) is 1.62. The summed E-state index contributed by atoms with van der Waals surface area (Å²) in [5.74, 6) is -20.4. The fourth-order valence-electron chi connectivity index (χ4n) is 18.2. The Bertz CT molecular complexity index is 5650. The zero-order valence-electron chi connectivity index (χ0n) is 82.7. The van der Waals surface area contributed by atoms with Crippen LogP contribution < -0.4 is 81.1 Å². The Balaban J connectivity index is 1.11. The van der Waals surface area contributed by atoms with Crippen molar-refractivity contribution in [1.29, 1.82) is 0 Å². The first kappa shape index (κ1) is 112. The first-order chi connectivity index (χ1) is 68.5. The van der Waals surface area contributed by atoms with Crippen molar-refractivity contribution in [2.24, 2.45) is 29.0 Å². The lowest BCUT2D eigenvalue weighted by Gasteiger charge is -2.36. The maximum Gasteiger partial charge on any atom is 0.565 e. The van der Waals surface area contributed by atoms with Gasteiger partial charge in [-0.2, -0.15) is 0 Å². The Hall–Kier alpha value is -13.6. The van der Waals surface area contributed by atoms with Gasteiger partial charge in [0.05, 0.1) is 24.8 Å². The van der Waals surface area contributed by atoms with E-state index in [-0.39, 0.29) is 107 Å². The highest BCUT2D eigenvalue weighted by Gasteiger charge is 2.47. The van der Waals surface area contributed by atoms with E-state index >= 15 is 52.3 Å². The molecule has 11 rings (SSSR count). The summed E-state index contributed by atoms with van der Waals surface area (Å²) < 4.78 is 23.6. The van der Waals surface area contributed by atoms with Gasteiger partial charge in [-0.15, -0.1) is 11.8 Å². The Morgan fingerprint density at radius 2 is 1.22 bits per heavy atom. The number of phenols is 1. The average Bonchev–Trinajstić information content (AvgIpc) is 1.64. The molecule has 6 bridgehead atoms. The number of benzene rings is 4. The van der Waals surface area contributed by atoms with Crippen LogP contribution in [0.1, 0.15) is 154 Å². The van der Waals surface area contributed by atoms with Gasteiger partial charge >= 0.3 is 13.1 Å². The molecule has 17 amide bonds. The number of aromatic nitrogens is 2. The second-order valence-corrected chi connectivity index (χ2v) is 39.0. The normalized spacial score (nSPS) is 24.8. The topological polar surface area (TPSA) is 624 Å². The molecule has 2 aromatic heterocycles. The number of H-pyrrole nitrogens is 1. The number of halogens is 1. The lowest BCUT2D eigenvalue weighted by Crippen LogP contribution is -2.62. The molecular formula is C98H135BFN21O22S. The molecule has 4 aromatic carbocycles. The zero-order valence-corrected chi connectivity index (χ0v) is 83.5. The van der Waals surface area contributed by atoms with Gasteiger partial charge in [-0.25, -0.2) is 4.39 Å². The molecule has 0 spiro atoms. The van der Waals surface area contributed by atoms with E-state index in [1.807, 2.05) is 13.8 Å². The molecule has 144 heavy (non-hydrogen) atoms. The van der Waals surface area contributed by atoms with Gasteiger partial charge in [0, 0.05) is 118 Å². The minimum atomic E-state index is -2.25. The highest BCUT2D eigenvalue weighted by atomic mass is 32.2. The number of aromatic hydroxyl groups is 1. The largest absolute Gasteiger partial charge is 0.565 e. The molecule has 21 N–H and O–H groups in total. The molecule has 3 fully saturated rings. The van der Waals surface area contributed by atoms with Crippen molar-refractivity contribution in [2.45, 2.75) is 255 Å². The third-order valence-corrected chi connectivity index (χ3v) is 27.1. The fraction of sp³-hybridized carbons (Fsp3) is 0.531. The van der Waals surface area contributed by atoms with E-state index in [1.54, 1.807) is 82.4 Å². The number of fused-ring (bicyclic) bond motifs is 10. The smallest absolute Gasteiger partial charge is 0.508 e. The lowest BCUT2D eigenvalue weighted by molar-refractivity contribution is -0.149. The number of carbonyl (C=O) groups is 18. The molecule has 0 saturated carbocycles. The molecule has 0 aliphatic carbocycles. The van der Waals surface area contributed by atoms with Crippen LogP contribution >= 0.6 is 11.8 Å². The number of carbonyl (C=O) groups excluding carboxylic acids is 18. The number of para-hydroxylation sites is 2. The first-order valence-corrected chi connectivity index (χ1v) is 49.8. The van der Waals surface area contributed by atoms with Crippen molar-refractivity contribution in [3.05, 3.63) is 131 Å². The number of hydrogen-bond donors (Lipinski definition) is 18. The van der Waals surface area contributed by atoms with E-state index < -0.39 is 278 Å². The van der Waals surface area contributed by atoms with Crippen LogP contribution in [0, 0.1) is 17.7 Å². The number of unbranched alkanes of at least 4 members (excludes halogenated alkanes) is 2. The van der Waals surface area contributed by atoms with Crippen LogP contribution in [0.3, 0.4) is 0 Å². The quantitative estimate of drug-likeness (QED) is 0.0343. The van der Waals surface area contributed by atoms with E-state index in [0.29, 0.717) is 52.2 Å². The number of nitrogens with zero attached hydrogens (tertiary/aromatic N) is 6. The summed E-state index contributed by atoms with van der Waals surface area (Å²) in [6.07, 6.45) is 0.245. The van der Waals surface area contributed by atoms with Crippen molar-refractivity contribution < 1.29 is 111 Å². The van der Waals surface area contributed by atoms with Crippen molar-refractivity contribution in [2.75, 3.05) is 65.4 Å². The summed E-state index contributed by atoms with van der Waals surface area (Å²) >= 11 is 0.778. The minimum absolute atomic E-state index is 0.0232. The highest BCUT2D eigenvalue weighted by Crippen LogP contribution is 2.30. The van der Waals surface area contributed by atoms with Crippen molar-refractivity contribution >= 4 is 153 Å². The maximum absolute atomic E-state index is 16.6. The van der Waals surface area contributed by atoms with Crippen LogP contribution in [0.15, 0.2) is 103 Å². The number of thioether (sulfide) groups is 1. The van der Waals surface area contributed by atoms with Crippen LogP contribution in [0.2, 0.25) is 0 Å². The van der Waals surface area contributed by atoms with Crippen molar-refractivity contribution in [1.82, 2.24) is 92.5 Å². The van der Waals surface area contributed by atoms with E-state index in [2.05, 4.69) is 63.5 Å². The number of primary amides is 2. The number of aliphatic hydroxyl groups excluding tert-OH is 1. The van der Waals surface area contributed by atoms with Gasteiger partial charge in [-0.3, -0.25) is 86.3 Å². The molecule has 7 heterocycles. The summed E-state index contributed by atoms with van der Waals surface area (Å²) in [6.45, 7) is 8.63. The predicted octanol–water partition coefficient (Wildman–Crippen LogP) is -2.11. The molecular weight excluding hydrogens is 1890 g/mol. The van der Waals surface area contributed by atoms with Gasteiger partial charge < -0.3 is 130 Å². The number of aromatic amines is 1. The number of likely N-dealkylation sites (N-methyl/N-ethyl adjacent to an activating group) is 3. The van der Waals surface area contributed by atoms with Crippen LogP contribution in [0.4, 0.5) is 4.39 Å². The Kier molecular flexibility index (Phi) is 41.0. The number of aliphatic hydroxyl groups is 1. The van der Waals surface area contributed by atoms with Crippen LogP contribution in [-0.2, 0) is 123 Å². The monoisotopic (exact) mass is 2020 g/mol. The van der Waals surface area contributed by atoms with E-state index in [4.69, 9.17) is 21.9 Å². The molecule has 780 valence electrons. The summed E-state index contributed by atoms with van der Waals surface area (Å²) in [6, 6.07) is 0.350. The number of hydrogen-bond acceptors (Lipinski definition) is 25. The number of nitrogens with one attached hydrogen (secondary N) is 12. The molecule has 5 aliphatic rings. The molecule has 46 heteroatoms. The third kappa shape index (κ3) is 30.3. The van der Waals surface area contributed by atoms with Gasteiger partial charge in [0.15, 0.2) is 0 Å². The Morgan fingerprint density at radius 1 is 0.611 bits per heavy atom. The molecule has 43 nitrogen and oxygen atoms in total. The number of phenolic OH excluding ortho intramolecular Hbond substituents is 1. The zero-order chi connectivity index (χ0) is 105. The fourth-order valence-corrected chi connectivity index (χ4v) is 19.1. The lowest BCUT2D eigenvalue weighted by atomic mass is 9.78. The van der Waals surface area contributed by atoms with Crippen LogP contribution in [0.5, 0.6) is 5.75 Å². The van der Waals surface area contributed by atoms with Crippen molar-refractivity contribution in [3.8, 4) is 5.75 Å². The molecule has 15 atom stereocenters. The van der Waals surface area contributed by atoms with Gasteiger partial charge in [0.2, 0.25) is 100 Å². The number of rotatable bonds is 21. The number of amides is 17. The highest BCUT2D eigenvalue weighted by molar-refractivity contribution is 8.00. The standard InChI is InChI=1S/C98H135BFN21O22S/c1-11-13-23-77-91(134)109-68(36-53(3)4)88(131)115-75(86(129)106-47-82(103)125)51-144-52-83(126)107-71(39-56-27-30-60(122)31-28-56)94(137)116(8)55(7)85(128)111-73(43-81(102)124)96(139)120-35-19-26-78(120)92(135)114-74-46-104-44-57-29-32-64(65(100)38-57)99(142)143-84(127)50-119-48-59(63-21-16-18-25-76(63)119)41-72(95(138)118(10)79(24-14-12-2)98(141)117(77)9)113-87(130)67(33-34-101)108-89(132)69(40-58-45-105-66-22-17-15-20-62(58)66)110-93(136)80-42-61(123)49-121(80)97(140)70(37-54(5)6)112-90(74)133/h15-18,20-22,25,27-32,38,45,48,53-55,61,67-75,77-80,104-105,122-123,142H,11-14,19,23-24,26,33-37,39-44,46-47,49-52,101H2,1-10H3,(H2,102,124)(H2,103,125)(H,106,129)(H,107,126)(H,108,132)(H,109,134)(H,110,136)(H,111,128)(H,112,133)(H,113,130)(H,114,135)(H,115,131)/t55-,61+,67-,68-,69-,70-,71-,72-,73-,74-,75-,77-,78-,79-,80-/m0/s1. The van der Waals surface area contributed by atoms with E-state index in [0.717, 1.165) is 48.4 Å². The summed E-state index contributed by atoms with van der Waals surface area (Å²) in [5.41, 5.74) is 19.3. The first-order valence-electron chi connectivity index (χ1n) is 48.7. The molecule has 5 aliphatic heterocycles. The van der Waals surface area contributed by atoms with Gasteiger partial charge in [-0.05, 0) is 123 Å². The Morgan fingerprint density at radius 3 is 1.90 bits per heavy atom.